The fraction of sp³-hybridized carbons (Fsp3) is 0.909. The zero-order valence-corrected chi connectivity index (χ0v) is 15.9. The van der Waals surface area contributed by atoms with Crippen LogP contribution in [0.2, 0.25) is 0 Å². The molecule has 136 valence electrons. The minimum Gasteiger partial charge on any atom is -0.387 e. The van der Waals surface area contributed by atoms with E-state index in [4.69, 9.17) is 4.74 Å². The first-order chi connectivity index (χ1) is 11.5. The largest absolute Gasteiger partial charge is 0.387 e. The Morgan fingerprint density at radius 2 is 1.88 bits per heavy atom. The summed E-state index contributed by atoms with van der Waals surface area (Å²) in [4.78, 5) is 0. The van der Waals surface area contributed by atoms with Crippen molar-refractivity contribution in [1.82, 2.24) is 0 Å². The fourth-order valence-corrected chi connectivity index (χ4v) is 7.68. The molecule has 4 saturated carbocycles. The van der Waals surface area contributed by atoms with Crippen LogP contribution in [0, 0.1) is 35.0 Å². The lowest BCUT2D eigenvalue weighted by Gasteiger charge is -2.56. The summed E-state index contributed by atoms with van der Waals surface area (Å²) >= 11 is 0. The second-order valence-electron chi connectivity index (χ2n) is 9.64. The monoisotopic (exact) mass is 332 g/mol. The Morgan fingerprint density at radius 1 is 1.08 bits per heavy atom. The molecule has 2 nitrogen and oxygen atoms in total. The van der Waals surface area contributed by atoms with Crippen LogP contribution in [0.5, 0.6) is 0 Å². The molecule has 0 amide bonds. The number of methoxy groups -OCH3 is 1. The zero-order chi connectivity index (χ0) is 16.9. The van der Waals surface area contributed by atoms with Gasteiger partial charge in [-0.2, -0.15) is 0 Å². The second kappa shape index (κ2) is 6.13. The van der Waals surface area contributed by atoms with Crippen LogP contribution in [0.25, 0.3) is 0 Å². The number of hydrogen-bond donors (Lipinski definition) is 1. The molecule has 0 saturated heterocycles. The lowest BCUT2D eigenvalue weighted by atomic mass is 9.49. The van der Waals surface area contributed by atoms with Crippen LogP contribution < -0.4 is 0 Å². The Balaban J connectivity index is 1.52. The predicted molar refractivity (Wildman–Crippen MR) is 97.7 cm³/mol. The van der Waals surface area contributed by atoms with Gasteiger partial charge in [-0.15, -0.1) is 0 Å². The third-order valence-corrected chi connectivity index (χ3v) is 8.71. The van der Waals surface area contributed by atoms with E-state index in [9.17, 15) is 5.11 Å². The summed E-state index contributed by atoms with van der Waals surface area (Å²) in [6.07, 6.45) is 14.0. The van der Waals surface area contributed by atoms with E-state index >= 15 is 0 Å². The summed E-state index contributed by atoms with van der Waals surface area (Å²) < 4.78 is 5.31. The van der Waals surface area contributed by atoms with Gasteiger partial charge in [0, 0.05) is 7.11 Å². The third kappa shape index (κ3) is 2.51. The standard InChI is InChI=1S/C22H36O2/c1-4-16-6-8-20-19-7-5-15-13-22(23,14-24-3)12-10-17(15)18(19)9-11-21(16,20)2/h4,15,17-20,23H,5-14H2,1-3H3/b16-4-/t15-,17+,18-,19-,20+,21-,22+/m1/s1. The maximum absolute atomic E-state index is 10.8. The summed E-state index contributed by atoms with van der Waals surface area (Å²) in [5.41, 5.74) is 1.72. The average molecular weight is 333 g/mol. The molecular weight excluding hydrogens is 296 g/mol. The fourth-order valence-electron chi connectivity index (χ4n) is 7.68. The highest BCUT2D eigenvalue weighted by atomic mass is 16.5. The van der Waals surface area contributed by atoms with Gasteiger partial charge in [-0.1, -0.05) is 18.6 Å². The average Bonchev–Trinajstić information content (AvgIpc) is 2.90. The molecule has 4 aliphatic rings. The maximum atomic E-state index is 10.8. The van der Waals surface area contributed by atoms with Crippen molar-refractivity contribution >= 4 is 0 Å². The Hall–Kier alpha value is -0.340. The minimum absolute atomic E-state index is 0.508. The first-order valence-corrected chi connectivity index (χ1v) is 10.4. The Morgan fingerprint density at radius 3 is 2.62 bits per heavy atom. The van der Waals surface area contributed by atoms with E-state index in [0.717, 1.165) is 42.4 Å². The van der Waals surface area contributed by atoms with E-state index in [0.29, 0.717) is 12.0 Å². The lowest BCUT2D eigenvalue weighted by Crippen LogP contribution is -2.51. The molecule has 0 unspecified atom stereocenters. The third-order valence-electron chi connectivity index (χ3n) is 8.71. The van der Waals surface area contributed by atoms with Crippen molar-refractivity contribution < 1.29 is 9.84 Å². The molecule has 7 atom stereocenters. The van der Waals surface area contributed by atoms with E-state index < -0.39 is 5.60 Å². The molecule has 0 aromatic rings. The SMILES string of the molecule is C/C=C1/CC[C@H]2[C@@H]3CC[C@@H]4C[C@](O)(COC)CC[C@@H]4[C@H]3CC[C@]12C. The number of allylic oxidation sites excluding steroid dienone is 2. The number of rotatable bonds is 2. The van der Waals surface area contributed by atoms with Crippen LogP contribution in [-0.4, -0.2) is 24.4 Å². The number of fused-ring (bicyclic) bond motifs is 5. The van der Waals surface area contributed by atoms with E-state index in [-0.39, 0.29) is 0 Å². The maximum Gasteiger partial charge on any atom is 0.0882 e. The van der Waals surface area contributed by atoms with Gasteiger partial charge in [-0.3, -0.25) is 0 Å². The van der Waals surface area contributed by atoms with Crippen molar-refractivity contribution in [2.45, 2.75) is 77.2 Å². The van der Waals surface area contributed by atoms with Gasteiger partial charge in [-0.25, -0.2) is 0 Å². The molecule has 1 N–H and O–H groups in total. The highest BCUT2D eigenvalue weighted by Gasteiger charge is 2.56. The summed E-state index contributed by atoms with van der Waals surface area (Å²) in [5.74, 6) is 4.44. The predicted octanol–water partition coefficient (Wildman–Crippen LogP) is 4.96. The van der Waals surface area contributed by atoms with Crippen molar-refractivity contribution in [3.05, 3.63) is 11.6 Å². The lowest BCUT2D eigenvalue weighted by molar-refractivity contribution is -0.119. The highest BCUT2D eigenvalue weighted by Crippen LogP contribution is 2.64. The topological polar surface area (TPSA) is 29.5 Å². The normalized spacial score (nSPS) is 52.7. The quantitative estimate of drug-likeness (QED) is 0.724. The molecular formula is C22H36O2. The van der Waals surface area contributed by atoms with Crippen molar-refractivity contribution in [3.63, 3.8) is 0 Å². The summed E-state index contributed by atoms with van der Waals surface area (Å²) in [5, 5.41) is 10.8. The first-order valence-electron chi connectivity index (χ1n) is 10.4. The Bertz CT molecular complexity index is 512. The first kappa shape index (κ1) is 17.1. The molecule has 0 heterocycles. The molecule has 0 aliphatic heterocycles. The van der Waals surface area contributed by atoms with Crippen LogP contribution in [0.3, 0.4) is 0 Å². The molecule has 2 heteroatoms. The second-order valence-corrected chi connectivity index (χ2v) is 9.64. The molecule has 24 heavy (non-hydrogen) atoms. The van der Waals surface area contributed by atoms with Crippen molar-refractivity contribution in [1.29, 1.82) is 0 Å². The minimum atomic E-state index is -0.544. The summed E-state index contributed by atoms with van der Waals surface area (Å²) in [7, 11) is 1.72. The number of hydrogen-bond acceptors (Lipinski definition) is 2. The highest BCUT2D eigenvalue weighted by molar-refractivity contribution is 5.23. The zero-order valence-electron chi connectivity index (χ0n) is 15.9. The van der Waals surface area contributed by atoms with Crippen molar-refractivity contribution in [2.75, 3.05) is 13.7 Å². The van der Waals surface area contributed by atoms with Gasteiger partial charge in [0.15, 0.2) is 0 Å². The van der Waals surface area contributed by atoms with Gasteiger partial charge < -0.3 is 9.84 Å². The van der Waals surface area contributed by atoms with Crippen LogP contribution >= 0.6 is 0 Å². The Labute approximate surface area is 148 Å². The van der Waals surface area contributed by atoms with Gasteiger partial charge in [0.25, 0.3) is 0 Å². The number of ether oxygens (including phenoxy) is 1. The molecule has 0 spiro atoms. The molecule has 0 bridgehead atoms. The summed E-state index contributed by atoms with van der Waals surface area (Å²) in [6.45, 7) is 5.35. The van der Waals surface area contributed by atoms with E-state index in [1.807, 2.05) is 0 Å². The van der Waals surface area contributed by atoms with E-state index in [1.165, 1.54) is 44.9 Å². The smallest absolute Gasteiger partial charge is 0.0882 e. The molecule has 4 fully saturated rings. The van der Waals surface area contributed by atoms with Crippen molar-refractivity contribution in [3.8, 4) is 0 Å². The van der Waals surface area contributed by atoms with Gasteiger partial charge in [0.1, 0.15) is 0 Å². The van der Waals surface area contributed by atoms with Crippen LogP contribution in [0.4, 0.5) is 0 Å². The van der Waals surface area contributed by atoms with Gasteiger partial charge in [0.05, 0.1) is 12.2 Å². The van der Waals surface area contributed by atoms with Crippen LogP contribution in [-0.2, 0) is 4.74 Å². The van der Waals surface area contributed by atoms with Crippen LogP contribution in [0.15, 0.2) is 11.6 Å². The van der Waals surface area contributed by atoms with E-state index in [1.54, 1.807) is 12.7 Å². The van der Waals surface area contributed by atoms with Gasteiger partial charge in [0.2, 0.25) is 0 Å². The number of aliphatic hydroxyl groups is 1. The molecule has 0 aromatic carbocycles. The Kier molecular flexibility index (Phi) is 4.36. The van der Waals surface area contributed by atoms with Gasteiger partial charge >= 0.3 is 0 Å². The van der Waals surface area contributed by atoms with Crippen LogP contribution in [0.1, 0.15) is 71.6 Å². The molecule has 4 aliphatic carbocycles. The summed E-state index contributed by atoms with van der Waals surface area (Å²) in [6, 6.07) is 0. The molecule has 0 radical (unpaired) electrons. The van der Waals surface area contributed by atoms with Crippen molar-refractivity contribution in [2.24, 2.45) is 35.0 Å². The molecule has 4 rings (SSSR count). The van der Waals surface area contributed by atoms with Gasteiger partial charge in [-0.05, 0) is 99.7 Å². The molecule has 0 aromatic heterocycles. The van der Waals surface area contributed by atoms with E-state index in [2.05, 4.69) is 19.9 Å².